The minimum Gasteiger partial charge on any atom is -0.369 e. The van der Waals surface area contributed by atoms with Gasteiger partial charge in [-0.05, 0) is 50.5 Å². The van der Waals surface area contributed by atoms with Crippen LogP contribution in [-0.4, -0.2) is 18.6 Å². The van der Waals surface area contributed by atoms with Crippen molar-refractivity contribution in [2.24, 2.45) is 5.73 Å². The predicted octanol–water partition coefficient (Wildman–Crippen LogP) is 2.45. The Kier molecular flexibility index (Phi) is 3.15. The lowest BCUT2D eigenvalue weighted by Crippen LogP contribution is -2.45. The average molecular weight is 222 g/mol. The molecule has 1 aromatic carbocycles. The van der Waals surface area contributed by atoms with E-state index in [9.17, 15) is 4.39 Å². The number of hydrogen-bond acceptors (Lipinski definition) is 2. The molecular weight excluding hydrogens is 203 g/mol. The number of nitrogens with two attached hydrogens (primary N) is 1. The highest BCUT2D eigenvalue weighted by Crippen LogP contribution is 2.25. The maximum absolute atomic E-state index is 13.2. The number of benzene rings is 1. The second kappa shape index (κ2) is 4.42. The van der Waals surface area contributed by atoms with E-state index >= 15 is 0 Å². The summed E-state index contributed by atoms with van der Waals surface area (Å²) in [6, 6.07) is 6.07. The first-order valence-electron chi connectivity index (χ1n) is 5.86. The summed E-state index contributed by atoms with van der Waals surface area (Å²) in [5.74, 6) is -0.134. The topological polar surface area (TPSA) is 29.3 Å². The number of rotatable bonds is 1. The summed E-state index contributed by atoms with van der Waals surface area (Å²) < 4.78 is 13.2. The fraction of sp³-hybridized carbons (Fsp3) is 0.538. The van der Waals surface area contributed by atoms with Crippen molar-refractivity contribution < 1.29 is 4.39 Å². The van der Waals surface area contributed by atoms with Gasteiger partial charge >= 0.3 is 0 Å². The van der Waals surface area contributed by atoms with Crippen molar-refractivity contribution >= 4 is 5.69 Å². The van der Waals surface area contributed by atoms with E-state index in [1.165, 1.54) is 0 Å². The number of halogens is 1. The van der Waals surface area contributed by atoms with Crippen LogP contribution < -0.4 is 10.6 Å². The van der Waals surface area contributed by atoms with Crippen molar-refractivity contribution in [2.45, 2.75) is 38.8 Å². The molecule has 1 aliphatic rings. The van der Waals surface area contributed by atoms with Crippen molar-refractivity contribution in [1.29, 1.82) is 0 Å². The number of nitrogens with zero attached hydrogens (tertiary/aromatic N) is 1. The lowest BCUT2D eigenvalue weighted by Gasteiger charge is -2.38. The zero-order chi connectivity index (χ0) is 11.7. The third kappa shape index (κ3) is 2.19. The molecular formula is C13H19FN2. The van der Waals surface area contributed by atoms with Crippen LogP contribution in [0.4, 0.5) is 10.1 Å². The summed E-state index contributed by atoms with van der Waals surface area (Å²) >= 11 is 0. The molecule has 0 bridgehead atoms. The predicted molar refractivity (Wildman–Crippen MR) is 65.2 cm³/mol. The van der Waals surface area contributed by atoms with Crippen LogP contribution in [-0.2, 0) is 0 Å². The molecule has 0 aromatic heterocycles. The first-order valence-corrected chi connectivity index (χ1v) is 5.86. The van der Waals surface area contributed by atoms with Crippen molar-refractivity contribution in [3.05, 3.63) is 29.6 Å². The summed E-state index contributed by atoms with van der Waals surface area (Å²) in [5, 5.41) is 0. The van der Waals surface area contributed by atoms with Gasteiger partial charge in [0.1, 0.15) is 5.82 Å². The van der Waals surface area contributed by atoms with Crippen LogP contribution in [0.3, 0.4) is 0 Å². The van der Waals surface area contributed by atoms with Crippen molar-refractivity contribution in [2.75, 3.05) is 11.4 Å². The Morgan fingerprint density at radius 3 is 2.81 bits per heavy atom. The zero-order valence-electron chi connectivity index (χ0n) is 9.91. The normalized spacial score (nSPS) is 25.9. The van der Waals surface area contributed by atoms with E-state index in [-0.39, 0.29) is 5.82 Å². The Bertz CT molecular complexity index is 378. The molecule has 1 heterocycles. The van der Waals surface area contributed by atoms with Gasteiger partial charge in [0.05, 0.1) is 0 Å². The molecule has 0 amide bonds. The molecule has 2 N–H and O–H groups in total. The molecule has 2 nitrogen and oxygen atoms in total. The molecule has 1 fully saturated rings. The Hall–Kier alpha value is -1.09. The van der Waals surface area contributed by atoms with Gasteiger partial charge in [-0.2, -0.15) is 0 Å². The zero-order valence-corrected chi connectivity index (χ0v) is 9.91. The fourth-order valence-electron chi connectivity index (χ4n) is 2.40. The molecule has 0 aliphatic carbocycles. The van der Waals surface area contributed by atoms with E-state index in [1.807, 2.05) is 12.1 Å². The summed E-state index contributed by atoms with van der Waals surface area (Å²) in [7, 11) is 0. The van der Waals surface area contributed by atoms with Gasteiger partial charge < -0.3 is 10.6 Å². The van der Waals surface area contributed by atoms with E-state index in [1.54, 1.807) is 13.0 Å². The lowest BCUT2D eigenvalue weighted by molar-refractivity contribution is 0.429. The monoisotopic (exact) mass is 222 g/mol. The quantitative estimate of drug-likeness (QED) is 0.791. The molecule has 3 heteroatoms. The van der Waals surface area contributed by atoms with Crippen molar-refractivity contribution in [3.63, 3.8) is 0 Å². The molecule has 1 saturated heterocycles. The second-order valence-corrected chi connectivity index (χ2v) is 4.76. The van der Waals surface area contributed by atoms with Gasteiger partial charge in [-0.15, -0.1) is 0 Å². The molecule has 1 aliphatic heterocycles. The van der Waals surface area contributed by atoms with Crippen LogP contribution in [0, 0.1) is 12.7 Å². The van der Waals surface area contributed by atoms with E-state index in [4.69, 9.17) is 5.73 Å². The maximum atomic E-state index is 13.2. The fourth-order valence-corrected chi connectivity index (χ4v) is 2.40. The first kappa shape index (κ1) is 11.4. The molecule has 1 aromatic rings. The molecule has 2 rings (SSSR count). The summed E-state index contributed by atoms with van der Waals surface area (Å²) in [5.41, 5.74) is 7.75. The standard InChI is InChI=1S/C13H19FN2/c1-9-7-12(3-4-13(9)14)16-6-5-11(15)8-10(16)2/h3-4,7,10-11H,5-6,8,15H2,1-2H3. The van der Waals surface area contributed by atoms with Crippen molar-refractivity contribution in [1.82, 2.24) is 0 Å². The van der Waals surface area contributed by atoms with Gasteiger partial charge in [-0.25, -0.2) is 4.39 Å². The SMILES string of the molecule is Cc1cc(N2CCC(N)CC2C)ccc1F. The van der Waals surface area contributed by atoms with Crippen LogP contribution in [0.1, 0.15) is 25.3 Å². The molecule has 0 spiro atoms. The molecule has 0 saturated carbocycles. The Morgan fingerprint density at radius 2 is 2.19 bits per heavy atom. The number of hydrogen-bond donors (Lipinski definition) is 1. The van der Waals surface area contributed by atoms with E-state index in [2.05, 4.69) is 11.8 Å². The smallest absolute Gasteiger partial charge is 0.126 e. The molecule has 88 valence electrons. The summed E-state index contributed by atoms with van der Waals surface area (Å²) in [4.78, 5) is 2.32. The van der Waals surface area contributed by atoms with Gasteiger partial charge in [-0.3, -0.25) is 0 Å². The lowest BCUT2D eigenvalue weighted by atomic mass is 9.98. The average Bonchev–Trinajstić information content (AvgIpc) is 2.22. The second-order valence-electron chi connectivity index (χ2n) is 4.76. The van der Waals surface area contributed by atoms with Crippen LogP contribution in [0.2, 0.25) is 0 Å². The third-order valence-electron chi connectivity index (χ3n) is 3.39. The highest BCUT2D eigenvalue weighted by molar-refractivity contribution is 5.50. The van der Waals surface area contributed by atoms with Gasteiger partial charge in [0.15, 0.2) is 0 Å². The summed E-state index contributed by atoms with van der Waals surface area (Å²) in [6.45, 7) is 4.95. The summed E-state index contributed by atoms with van der Waals surface area (Å²) in [6.07, 6.45) is 2.02. The van der Waals surface area contributed by atoms with Gasteiger partial charge in [-0.1, -0.05) is 0 Å². The van der Waals surface area contributed by atoms with E-state index < -0.39 is 0 Å². The largest absolute Gasteiger partial charge is 0.369 e. The minimum atomic E-state index is -0.134. The first-order chi connectivity index (χ1) is 7.58. The third-order valence-corrected chi connectivity index (χ3v) is 3.39. The molecule has 2 atom stereocenters. The highest BCUT2D eigenvalue weighted by Gasteiger charge is 2.23. The molecule has 2 unspecified atom stereocenters. The van der Waals surface area contributed by atoms with Crippen molar-refractivity contribution in [3.8, 4) is 0 Å². The Balaban J connectivity index is 2.20. The van der Waals surface area contributed by atoms with Gasteiger partial charge in [0.25, 0.3) is 0 Å². The molecule has 16 heavy (non-hydrogen) atoms. The van der Waals surface area contributed by atoms with E-state index in [0.29, 0.717) is 17.6 Å². The highest BCUT2D eigenvalue weighted by atomic mass is 19.1. The minimum absolute atomic E-state index is 0.134. The van der Waals surface area contributed by atoms with Crippen LogP contribution in [0.15, 0.2) is 18.2 Å². The van der Waals surface area contributed by atoms with Gasteiger partial charge in [0.2, 0.25) is 0 Å². The Labute approximate surface area is 96.2 Å². The number of piperidine rings is 1. The van der Waals surface area contributed by atoms with Crippen LogP contribution >= 0.6 is 0 Å². The van der Waals surface area contributed by atoms with E-state index in [0.717, 1.165) is 25.1 Å². The number of aryl methyl sites for hydroxylation is 1. The number of anilines is 1. The maximum Gasteiger partial charge on any atom is 0.126 e. The Morgan fingerprint density at radius 1 is 1.44 bits per heavy atom. The van der Waals surface area contributed by atoms with Crippen LogP contribution in [0.25, 0.3) is 0 Å². The van der Waals surface area contributed by atoms with Gasteiger partial charge in [0, 0.05) is 24.3 Å². The van der Waals surface area contributed by atoms with Crippen LogP contribution in [0.5, 0.6) is 0 Å². The molecule has 0 radical (unpaired) electrons.